The van der Waals surface area contributed by atoms with Crippen molar-refractivity contribution >= 4 is 44.8 Å². The van der Waals surface area contributed by atoms with Crippen LogP contribution in [0.2, 0.25) is 0 Å². The van der Waals surface area contributed by atoms with Gasteiger partial charge in [-0.2, -0.15) is 0 Å². The van der Waals surface area contributed by atoms with Crippen LogP contribution >= 0.6 is 0 Å². The number of hydrogen-bond acceptors (Lipinski definition) is 5. The molecule has 3 N–H and O–H groups in total. The topological polar surface area (TPSA) is 99.6 Å². The number of likely N-dealkylation sites (tertiary alicyclic amines) is 1. The van der Waals surface area contributed by atoms with Crippen LogP contribution in [0.15, 0.2) is 85.2 Å². The van der Waals surface area contributed by atoms with E-state index in [1.807, 2.05) is 83.6 Å². The molecule has 0 spiro atoms. The zero-order valence-corrected chi connectivity index (χ0v) is 23.9. The monoisotopic (exact) mass is 574 g/mol. The summed E-state index contributed by atoms with van der Waals surface area (Å²) in [6.07, 6.45) is 6.58. The molecule has 218 valence electrons. The minimum Gasteiger partial charge on any atom is -0.487 e. The molecule has 2 aliphatic heterocycles. The third-order valence-corrected chi connectivity index (χ3v) is 8.48. The van der Waals surface area contributed by atoms with Crippen molar-refractivity contribution in [3.8, 4) is 5.75 Å². The maximum Gasteiger partial charge on any atom is 0.259 e. The molecule has 0 aliphatic carbocycles. The van der Waals surface area contributed by atoms with Crippen molar-refractivity contribution in [3.63, 3.8) is 0 Å². The Morgan fingerprint density at radius 1 is 0.791 bits per heavy atom. The first-order valence-corrected chi connectivity index (χ1v) is 14.9. The molecule has 8 heteroatoms. The second-order valence-electron chi connectivity index (χ2n) is 11.4. The van der Waals surface area contributed by atoms with Gasteiger partial charge >= 0.3 is 0 Å². The molecular formula is C35H34N4O4. The van der Waals surface area contributed by atoms with E-state index in [4.69, 9.17) is 4.74 Å². The summed E-state index contributed by atoms with van der Waals surface area (Å²) in [5, 5.41) is 15.4. The normalized spacial score (nSPS) is 16.8. The molecule has 0 radical (unpaired) electrons. The number of imide groups is 1. The fourth-order valence-corrected chi connectivity index (χ4v) is 6.49. The molecule has 8 nitrogen and oxygen atoms in total. The summed E-state index contributed by atoms with van der Waals surface area (Å²) >= 11 is 0. The van der Waals surface area contributed by atoms with Gasteiger partial charge in [-0.3, -0.25) is 14.9 Å². The van der Waals surface area contributed by atoms with Crippen molar-refractivity contribution < 1.29 is 19.4 Å². The van der Waals surface area contributed by atoms with Crippen LogP contribution in [0.4, 0.5) is 0 Å². The minimum absolute atomic E-state index is 0.323. The Labute approximate surface area is 249 Å². The number of aromatic nitrogens is 2. The fraction of sp³-hybridized carbons (Fsp3) is 0.257. The van der Waals surface area contributed by atoms with Crippen molar-refractivity contribution in [2.24, 2.45) is 0 Å². The number of aliphatic hydroxyl groups is 1. The van der Waals surface area contributed by atoms with E-state index in [-0.39, 0.29) is 0 Å². The highest BCUT2D eigenvalue weighted by Gasteiger charge is 2.35. The van der Waals surface area contributed by atoms with E-state index in [0.717, 1.165) is 53.3 Å². The van der Waals surface area contributed by atoms with Gasteiger partial charge in [-0.1, -0.05) is 67.1 Å². The Kier molecular flexibility index (Phi) is 7.30. The maximum absolute atomic E-state index is 13.5. The van der Waals surface area contributed by atoms with Gasteiger partial charge in [0.2, 0.25) is 0 Å². The number of amides is 2. The molecule has 2 aliphatic rings. The average molecular weight is 575 g/mol. The largest absolute Gasteiger partial charge is 0.487 e. The van der Waals surface area contributed by atoms with Crippen molar-refractivity contribution in [2.75, 3.05) is 19.6 Å². The van der Waals surface area contributed by atoms with Gasteiger partial charge in [0.05, 0.1) is 22.8 Å². The lowest BCUT2D eigenvalue weighted by atomic mass is 9.95. The summed E-state index contributed by atoms with van der Waals surface area (Å²) in [4.78, 5) is 32.3. The second kappa shape index (κ2) is 11.6. The lowest BCUT2D eigenvalue weighted by Crippen LogP contribution is -2.37. The summed E-state index contributed by atoms with van der Waals surface area (Å²) in [5.74, 6) is -0.210. The zero-order chi connectivity index (χ0) is 29.3. The summed E-state index contributed by atoms with van der Waals surface area (Å²) in [7, 11) is 0. The summed E-state index contributed by atoms with van der Waals surface area (Å²) in [6, 6.07) is 23.5. The highest BCUT2D eigenvalue weighted by atomic mass is 16.5. The molecule has 5 aromatic rings. The number of fused-ring (bicyclic) bond motifs is 2. The fourth-order valence-electron chi connectivity index (χ4n) is 6.49. The highest BCUT2D eigenvalue weighted by Crippen LogP contribution is 2.40. The second-order valence-corrected chi connectivity index (χ2v) is 11.4. The first-order valence-electron chi connectivity index (χ1n) is 14.9. The molecule has 0 bridgehead atoms. The van der Waals surface area contributed by atoms with Crippen molar-refractivity contribution in [1.82, 2.24) is 19.8 Å². The van der Waals surface area contributed by atoms with Gasteiger partial charge in [0, 0.05) is 52.9 Å². The number of piperidine rings is 1. The Hall–Kier alpha value is -4.66. The van der Waals surface area contributed by atoms with E-state index in [1.165, 1.54) is 6.42 Å². The first-order chi connectivity index (χ1) is 21.1. The lowest BCUT2D eigenvalue weighted by Gasteiger charge is -2.28. The molecule has 1 unspecified atom stereocenters. The molecule has 1 atom stereocenters. The third kappa shape index (κ3) is 5.24. The zero-order valence-electron chi connectivity index (χ0n) is 23.9. The van der Waals surface area contributed by atoms with Crippen LogP contribution in [0.25, 0.3) is 33.0 Å². The van der Waals surface area contributed by atoms with E-state index >= 15 is 0 Å². The van der Waals surface area contributed by atoms with Gasteiger partial charge in [0.1, 0.15) is 12.4 Å². The minimum atomic E-state index is -0.621. The average Bonchev–Trinajstić information content (AvgIpc) is 3.69. The smallest absolute Gasteiger partial charge is 0.259 e. The molecule has 7 rings (SSSR count). The number of nitrogens with zero attached hydrogens (tertiary/aromatic N) is 2. The molecular weight excluding hydrogens is 540 g/mol. The number of carbonyl (C=O) groups excluding carboxylic acids is 2. The number of para-hydroxylation sites is 2. The van der Waals surface area contributed by atoms with Gasteiger partial charge < -0.3 is 24.3 Å². The molecule has 4 heterocycles. The van der Waals surface area contributed by atoms with E-state index in [0.29, 0.717) is 47.7 Å². The van der Waals surface area contributed by atoms with Gasteiger partial charge in [-0.15, -0.1) is 0 Å². The molecule has 43 heavy (non-hydrogen) atoms. The number of aromatic amines is 1. The summed E-state index contributed by atoms with van der Waals surface area (Å²) < 4.78 is 8.34. The molecule has 0 saturated carbocycles. The van der Waals surface area contributed by atoms with Crippen LogP contribution in [0, 0.1) is 0 Å². The van der Waals surface area contributed by atoms with Gasteiger partial charge in [-0.25, -0.2) is 0 Å². The quantitative estimate of drug-likeness (QED) is 0.212. The standard InChI is InChI=1S/C35H34N4O4/c40-24(19-38-16-7-2-8-17-38)20-39-21-28(26-13-9-15-30(33(26)39)43-22-23-10-3-1-4-11-23)32-31(34(41)37-35(32)42)27-18-36-29-14-6-5-12-25(27)29/h1,3-6,9-15,18,21,24,36,40H,2,7-8,16-17,19-20,22H2,(H,37,41,42). The number of aliphatic hydroxyl groups excluding tert-OH is 1. The lowest BCUT2D eigenvalue weighted by molar-refractivity contribution is -0.122. The molecule has 2 aromatic heterocycles. The van der Waals surface area contributed by atoms with Gasteiger partial charge in [0.25, 0.3) is 11.8 Å². The van der Waals surface area contributed by atoms with Crippen molar-refractivity contribution in [1.29, 1.82) is 0 Å². The first kappa shape index (κ1) is 27.2. The number of nitrogens with one attached hydrogen (secondary N) is 2. The Bertz CT molecular complexity index is 1850. The molecule has 1 fully saturated rings. The Morgan fingerprint density at radius 3 is 2.33 bits per heavy atom. The van der Waals surface area contributed by atoms with Crippen LogP contribution in [0.5, 0.6) is 5.75 Å². The van der Waals surface area contributed by atoms with Gasteiger partial charge in [0.15, 0.2) is 0 Å². The van der Waals surface area contributed by atoms with E-state index in [2.05, 4.69) is 15.2 Å². The number of rotatable bonds is 9. The summed E-state index contributed by atoms with van der Waals surface area (Å²) in [6.45, 7) is 3.25. The Morgan fingerprint density at radius 2 is 1.51 bits per heavy atom. The van der Waals surface area contributed by atoms with Crippen LogP contribution in [-0.4, -0.2) is 57.1 Å². The van der Waals surface area contributed by atoms with Crippen molar-refractivity contribution in [3.05, 3.63) is 102 Å². The number of hydrogen-bond donors (Lipinski definition) is 3. The number of benzene rings is 3. The van der Waals surface area contributed by atoms with E-state index in [9.17, 15) is 14.7 Å². The SMILES string of the molecule is O=C1NC(=O)C(c2cn(CC(O)CN3CCCCC3)c3c(OCc4ccccc4)cccc23)=C1c1c[nH]c2ccccc12. The van der Waals surface area contributed by atoms with E-state index < -0.39 is 17.9 Å². The van der Waals surface area contributed by atoms with Crippen LogP contribution in [0.3, 0.4) is 0 Å². The molecule has 2 amide bonds. The predicted molar refractivity (Wildman–Crippen MR) is 167 cm³/mol. The molecule has 3 aromatic carbocycles. The van der Waals surface area contributed by atoms with Crippen LogP contribution in [0.1, 0.15) is 36.0 Å². The predicted octanol–water partition coefficient (Wildman–Crippen LogP) is 5.12. The van der Waals surface area contributed by atoms with Crippen molar-refractivity contribution in [2.45, 2.75) is 38.5 Å². The van der Waals surface area contributed by atoms with Gasteiger partial charge in [-0.05, 0) is 43.6 Å². The number of ether oxygens (including phenoxy) is 1. The molecule has 1 saturated heterocycles. The third-order valence-electron chi connectivity index (χ3n) is 8.48. The Balaban J connectivity index is 1.35. The summed E-state index contributed by atoms with van der Waals surface area (Å²) in [5.41, 5.74) is 4.68. The van der Waals surface area contributed by atoms with Crippen LogP contribution < -0.4 is 10.1 Å². The number of H-pyrrole nitrogens is 1. The number of carbonyl (C=O) groups is 2. The van der Waals surface area contributed by atoms with Crippen LogP contribution in [-0.2, 0) is 22.7 Å². The highest BCUT2D eigenvalue weighted by molar-refractivity contribution is 6.50. The number of β-amino-alcohol motifs (C(OH)–C–C–N with tert-alkyl or cyclic N) is 1. The maximum atomic E-state index is 13.5. The van der Waals surface area contributed by atoms with E-state index in [1.54, 1.807) is 6.20 Å².